The summed E-state index contributed by atoms with van der Waals surface area (Å²) < 4.78 is 5.80. The van der Waals surface area contributed by atoms with Crippen molar-refractivity contribution in [2.75, 3.05) is 45.9 Å². The summed E-state index contributed by atoms with van der Waals surface area (Å²) in [5.74, 6) is 1.14. The Morgan fingerprint density at radius 2 is 1.74 bits per heavy atom. The van der Waals surface area contributed by atoms with Gasteiger partial charge in [0.15, 0.2) is 0 Å². The van der Waals surface area contributed by atoms with Gasteiger partial charge in [-0.2, -0.15) is 0 Å². The second kappa shape index (κ2) is 10.8. The molecule has 2 aliphatic heterocycles. The zero-order valence-electron chi connectivity index (χ0n) is 18.7. The molecule has 2 aliphatic rings. The molecule has 0 aliphatic carbocycles. The normalized spacial score (nSPS) is 21.1. The number of hydrogen-bond donors (Lipinski definition) is 0. The van der Waals surface area contributed by atoms with Crippen molar-refractivity contribution in [1.82, 2.24) is 14.7 Å². The molecule has 2 aromatic carbocycles. The number of benzene rings is 2. The number of hydrogen-bond acceptors (Lipinski definition) is 4. The Bertz CT molecular complexity index is 834. The molecular weight excluding hydrogens is 386 g/mol. The molecule has 1 amide bonds. The van der Waals surface area contributed by atoms with E-state index in [2.05, 4.69) is 41.0 Å². The number of nitrogens with zero attached hydrogens (tertiary/aromatic N) is 3. The molecule has 31 heavy (non-hydrogen) atoms. The minimum Gasteiger partial charge on any atom is -0.492 e. The average Bonchev–Trinajstić information content (AvgIpc) is 2.97. The minimum atomic E-state index is 0.275. The lowest BCUT2D eigenvalue weighted by molar-refractivity contribution is -0.131. The maximum atomic E-state index is 12.6. The first kappa shape index (κ1) is 21.8. The molecule has 1 atom stereocenters. The summed E-state index contributed by atoms with van der Waals surface area (Å²) in [6.07, 6.45) is 2.70. The van der Waals surface area contributed by atoms with Gasteiger partial charge in [-0.1, -0.05) is 48.0 Å². The molecule has 0 aromatic heterocycles. The van der Waals surface area contributed by atoms with Crippen LogP contribution < -0.4 is 4.74 Å². The highest BCUT2D eigenvalue weighted by Gasteiger charge is 2.28. The van der Waals surface area contributed by atoms with Crippen LogP contribution in [0.25, 0.3) is 0 Å². The van der Waals surface area contributed by atoms with Crippen LogP contribution >= 0.6 is 0 Å². The lowest BCUT2D eigenvalue weighted by atomic mass is 10.1. The van der Waals surface area contributed by atoms with Crippen molar-refractivity contribution in [3.8, 4) is 5.75 Å². The Morgan fingerprint density at radius 3 is 2.52 bits per heavy atom. The van der Waals surface area contributed by atoms with Gasteiger partial charge in [0.05, 0.1) is 6.54 Å². The molecule has 0 bridgehead atoms. The van der Waals surface area contributed by atoms with Gasteiger partial charge in [0.25, 0.3) is 0 Å². The molecule has 4 rings (SSSR count). The van der Waals surface area contributed by atoms with Gasteiger partial charge in [-0.25, -0.2) is 0 Å². The summed E-state index contributed by atoms with van der Waals surface area (Å²) in [7, 11) is 0. The molecule has 0 saturated carbocycles. The van der Waals surface area contributed by atoms with E-state index < -0.39 is 0 Å². The van der Waals surface area contributed by atoms with E-state index in [1.54, 1.807) is 0 Å². The van der Waals surface area contributed by atoms with E-state index in [1.807, 2.05) is 35.2 Å². The summed E-state index contributed by atoms with van der Waals surface area (Å²) >= 11 is 0. The minimum absolute atomic E-state index is 0.275. The van der Waals surface area contributed by atoms with Gasteiger partial charge < -0.3 is 9.64 Å². The van der Waals surface area contributed by atoms with E-state index >= 15 is 0 Å². The Balaban J connectivity index is 1.21. The molecule has 5 heteroatoms. The number of aryl methyl sites for hydroxylation is 1. The second-order valence-corrected chi connectivity index (χ2v) is 8.82. The summed E-state index contributed by atoms with van der Waals surface area (Å²) in [6.45, 7) is 9.66. The number of carbonyl (C=O) groups is 1. The number of ether oxygens (including phenoxy) is 1. The van der Waals surface area contributed by atoms with Crippen LogP contribution in [-0.4, -0.2) is 72.5 Å². The molecule has 1 unspecified atom stereocenters. The maximum Gasteiger partial charge on any atom is 0.222 e. The van der Waals surface area contributed by atoms with Crippen LogP contribution in [0.5, 0.6) is 5.75 Å². The van der Waals surface area contributed by atoms with E-state index in [0.717, 1.165) is 57.9 Å². The largest absolute Gasteiger partial charge is 0.492 e. The third-order valence-electron chi connectivity index (χ3n) is 6.56. The fourth-order valence-corrected chi connectivity index (χ4v) is 4.77. The van der Waals surface area contributed by atoms with Crippen molar-refractivity contribution >= 4 is 5.91 Å². The van der Waals surface area contributed by atoms with E-state index in [4.69, 9.17) is 4.74 Å². The van der Waals surface area contributed by atoms with Gasteiger partial charge >= 0.3 is 0 Å². The summed E-state index contributed by atoms with van der Waals surface area (Å²) in [5.41, 5.74) is 2.74. The van der Waals surface area contributed by atoms with Crippen molar-refractivity contribution in [2.45, 2.75) is 38.8 Å². The van der Waals surface area contributed by atoms with E-state index in [0.29, 0.717) is 25.6 Å². The van der Waals surface area contributed by atoms with E-state index in [9.17, 15) is 4.79 Å². The smallest absolute Gasteiger partial charge is 0.222 e. The predicted octanol–water partition coefficient (Wildman–Crippen LogP) is 3.57. The lowest BCUT2D eigenvalue weighted by Gasteiger charge is -2.39. The van der Waals surface area contributed by atoms with Gasteiger partial charge in [0.2, 0.25) is 5.91 Å². The molecule has 2 aromatic rings. The van der Waals surface area contributed by atoms with E-state index in [1.165, 1.54) is 11.1 Å². The summed E-state index contributed by atoms with van der Waals surface area (Å²) in [5, 5.41) is 0. The fourth-order valence-electron chi connectivity index (χ4n) is 4.77. The quantitative estimate of drug-likeness (QED) is 0.685. The van der Waals surface area contributed by atoms with Gasteiger partial charge in [-0.15, -0.1) is 0 Å². The Labute approximate surface area is 186 Å². The van der Waals surface area contributed by atoms with Crippen molar-refractivity contribution in [1.29, 1.82) is 0 Å². The highest BCUT2D eigenvalue weighted by atomic mass is 16.5. The van der Waals surface area contributed by atoms with Crippen molar-refractivity contribution in [3.63, 3.8) is 0 Å². The Morgan fingerprint density at radius 1 is 0.935 bits per heavy atom. The van der Waals surface area contributed by atoms with Gasteiger partial charge in [0.1, 0.15) is 12.4 Å². The molecule has 2 saturated heterocycles. The van der Waals surface area contributed by atoms with Crippen LogP contribution in [0, 0.1) is 6.92 Å². The van der Waals surface area contributed by atoms with Crippen LogP contribution in [-0.2, 0) is 11.3 Å². The molecule has 2 fully saturated rings. The SMILES string of the molecule is Cc1cccc(CN2CCN(C3CCC(=O)N(CCOc4ccccc4)CC3)CC2)c1. The van der Waals surface area contributed by atoms with Crippen LogP contribution in [0.15, 0.2) is 54.6 Å². The van der Waals surface area contributed by atoms with Gasteiger partial charge in [-0.05, 0) is 37.5 Å². The number of likely N-dealkylation sites (tertiary alicyclic amines) is 1. The van der Waals surface area contributed by atoms with Crippen molar-refractivity contribution in [3.05, 3.63) is 65.7 Å². The molecule has 5 nitrogen and oxygen atoms in total. The highest BCUT2D eigenvalue weighted by molar-refractivity contribution is 5.76. The lowest BCUT2D eigenvalue weighted by Crippen LogP contribution is -2.50. The topological polar surface area (TPSA) is 36.0 Å². The summed E-state index contributed by atoms with van der Waals surface area (Å²) in [6, 6.07) is 19.2. The van der Waals surface area contributed by atoms with Crippen LogP contribution in [0.3, 0.4) is 0 Å². The second-order valence-electron chi connectivity index (χ2n) is 8.82. The van der Waals surface area contributed by atoms with Gasteiger partial charge in [-0.3, -0.25) is 14.6 Å². The van der Waals surface area contributed by atoms with Gasteiger partial charge in [0, 0.05) is 51.7 Å². The van der Waals surface area contributed by atoms with Crippen LogP contribution in [0.2, 0.25) is 0 Å². The number of rotatable bonds is 7. The molecule has 166 valence electrons. The summed E-state index contributed by atoms with van der Waals surface area (Å²) in [4.78, 5) is 19.8. The Kier molecular flexibility index (Phi) is 7.60. The van der Waals surface area contributed by atoms with Crippen LogP contribution in [0.4, 0.5) is 0 Å². The highest BCUT2D eigenvalue weighted by Crippen LogP contribution is 2.20. The standard InChI is InChI=1S/C26H35N3O2/c1-22-6-5-7-23(20-22)21-27-14-16-28(17-15-27)24-10-11-26(30)29(13-12-24)18-19-31-25-8-3-2-4-9-25/h2-9,20,24H,10-19,21H2,1H3. The maximum absolute atomic E-state index is 12.6. The predicted molar refractivity (Wildman–Crippen MR) is 124 cm³/mol. The van der Waals surface area contributed by atoms with Crippen LogP contribution in [0.1, 0.15) is 30.4 Å². The van der Waals surface area contributed by atoms with Crippen molar-refractivity contribution in [2.24, 2.45) is 0 Å². The monoisotopic (exact) mass is 421 g/mol. The third kappa shape index (κ3) is 6.31. The molecule has 2 heterocycles. The fraction of sp³-hybridized carbons (Fsp3) is 0.500. The number of piperazine rings is 1. The number of para-hydroxylation sites is 1. The Hall–Kier alpha value is -2.37. The molecule has 0 N–H and O–H groups in total. The first-order valence-electron chi connectivity index (χ1n) is 11.6. The van der Waals surface area contributed by atoms with E-state index in [-0.39, 0.29) is 5.91 Å². The number of amides is 1. The zero-order valence-corrected chi connectivity index (χ0v) is 18.7. The third-order valence-corrected chi connectivity index (χ3v) is 6.56. The average molecular weight is 422 g/mol. The molecule has 0 radical (unpaired) electrons. The zero-order chi connectivity index (χ0) is 21.5. The number of carbonyl (C=O) groups excluding carboxylic acids is 1. The molecule has 0 spiro atoms. The first-order chi connectivity index (χ1) is 15.2. The van der Waals surface area contributed by atoms with Crippen molar-refractivity contribution < 1.29 is 9.53 Å². The molecular formula is C26H35N3O2. The first-order valence-corrected chi connectivity index (χ1v) is 11.6.